The van der Waals surface area contributed by atoms with Gasteiger partial charge in [-0.15, -0.1) is 0 Å². The van der Waals surface area contributed by atoms with E-state index in [1.54, 1.807) is 25.1 Å². The van der Waals surface area contributed by atoms with Gasteiger partial charge in [0.2, 0.25) is 0 Å². The van der Waals surface area contributed by atoms with E-state index in [0.29, 0.717) is 23.4 Å². The molecular formula is C12H9N3O3. The van der Waals surface area contributed by atoms with Gasteiger partial charge in [-0.25, -0.2) is 9.97 Å². The number of carbonyl (C=O) groups is 1. The van der Waals surface area contributed by atoms with Gasteiger partial charge < -0.3 is 0 Å². The highest BCUT2D eigenvalue weighted by Gasteiger charge is 2.10. The van der Waals surface area contributed by atoms with Crippen molar-refractivity contribution in [2.75, 3.05) is 0 Å². The molecule has 0 aliphatic carbocycles. The number of rotatable bonds is 3. The molecule has 1 heterocycles. The largest absolute Gasteiger partial charge is 0.296 e. The maximum atomic E-state index is 10.7. The quantitative estimate of drug-likeness (QED) is 0.468. The lowest BCUT2D eigenvalue weighted by atomic mass is 10.2. The summed E-state index contributed by atoms with van der Waals surface area (Å²) in [7, 11) is 0. The number of hydrogen-bond acceptors (Lipinski definition) is 5. The zero-order valence-electron chi connectivity index (χ0n) is 9.53. The summed E-state index contributed by atoms with van der Waals surface area (Å²) in [6.07, 6.45) is 0.621. The molecule has 0 fully saturated rings. The highest BCUT2D eigenvalue weighted by atomic mass is 16.6. The molecule has 2 aromatic rings. The summed E-state index contributed by atoms with van der Waals surface area (Å²) in [4.78, 5) is 29.1. The Hall–Kier alpha value is -2.63. The first-order valence-corrected chi connectivity index (χ1v) is 5.16. The SMILES string of the molecule is Cc1cc(C=O)nc(-c2cccc([N+](=O)[O-])c2)n1. The van der Waals surface area contributed by atoms with E-state index >= 15 is 0 Å². The van der Waals surface area contributed by atoms with Crippen molar-refractivity contribution in [1.82, 2.24) is 9.97 Å². The molecule has 0 aliphatic heterocycles. The average Bonchev–Trinajstić information content (AvgIpc) is 2.38. The smallest absolute Gasteiger partial charge is 0.270 e. The van der Waals surface area contributed by atoms with Crippen molar-refractivity contribution in [1.29, 1.82) is 0 Å². The molecular weight excluding hydrogens is 234 g/mol. The van der Waals surface area contributed by atoms with Crippen LogP contribution in [0.25, 0.3) is 11.4 Å². The van der Waals surface area contributed by atoms with E-state index in [4.69, 9.17) is 0 Å². The van der Waals surface area contributed by atoms with Crippen molar-refractivity contribution in [3.05, 3.63) is 51.8 Å². The first-order valence-electron chi connectivity index (χ1n) is 5.16. The average molecular weight is 243 g/mol. The Morgan fingerprint density at radius 2 is 2.06 bits per heavy atom. The van der Waals surface area contributed by atoms with Gasteiger partial charge in [0.05, 0.1) is 4.92 Å². The van der Waals surface area contributed by atoms with Crippen molar-refractivity contribution >= 4 is 12.0 Å². The predicted molar refractivity (Wildman–Crippen MR) is 64.2 cm³/mol. The van der Waals surface area contributed by atoms with E-state index in [1.165, 1.54) is 12.1 Å². The number of carbonyl (C=O) groups excluding carboxylic acids is 1. The van der Waals surface area contributed by atoms with Crippen LogP contribution in [0.15, 0.2) is 30.3 Å². The van der Waals surface area contributed by atoms with Crippen LogP contribution in [0.2, 0.25) is 0 Å². The molecule has 0 spiro atoms. The Morgan fingerprint density at radius 3 is 2.72 bits per heavy atom. The number of hydrogen-bond donors (Lipinski definition) is 0. The van der Waals surface area contributed by atoms with Crippen molar-refractivity contribution < 1.29 is 9.72 Å². The monoisotopic (exact) mass is 243 g/mol. The van der Waals surface area contributed by atoms with E-state index in [9.17, 15) is 14.9 Å². The molecule has 18 heavy (non-hydrogen) atoms. The summed E-state index contributed by atoms with van der Waals surface area (Å²) < 4.78 is 0. The highest BCUT2D eigenvalue weighted by molar-refractivity contribution is 5.73. The standard InChI is InChI=1S/C12H9N3O3/c1-8-5-10(7-16)14-12(13-8)9-3-2-4-11(6-9)15(17)18/h2-7H,1H3. The molecule has 0 atom stereocenters. The molecule has 0 aliphatic rings. The normalized spacial score (nSPS) is 10.1. The van der Waals surface area contributed by atoms with Crippen molar-refractivity contribution in [3.63, 3.8) is 0 Å². The van der Waals surface area contributed by atoms with Gasteiger partial charge in [-0.1, -0.05) is 12.1 Å². The van der Waals surface area contributed by atoms with Crippen LogP contribution in [0.5, 0.6) is 0 Å². The third kappa shape index (κ3) is 2.37. The molecule has 90 valence electrons. The van der Waals surface area contributed by atoms with Crippen molar-refractivity contribution in [3.8, 4) is 11.4 Å². The number of nitro groups is 1. The van der Waals surface area contributed by atoms with Gasteiger partial charge in [0, 0.05) is 23.4 Å². The molecule has 1 aromatic carbocycles. The summed E-state index contributed by atoms with van der Waals surface area (Å²) in [6.45, 7) is 1.73. The van der Waals surface area contributed by atoms with Gasteiger partial charge >= 0.3 is 0 Å². The Balaban J connectivity index is 2.54. The molecule has 6 nitrogen and oxygen atoms in total. The molecule has 0 N–H and O–H groups in total. The molecule has 1 aromatic heterocycles. The fourth-order valence-corrected chi connectivity index (χ4v) is 1.54. The summed E-state index contributed by atoms with van der Waals surface area (Å²) in [5, 5.41) is 10.7. The maximum Gasteiger partial charge on any atom is 0.270 e. The number of aromatic nitrogens is 2. The molecule has 2 rings (SSSR count). The van der Waals surface area contributed by atoms with E-state index in [-0.39, 0.29) is 11.4 Å². The van der Waals surface area contributed by atoms with Crippen LogP contribution >= 0.6 is 0 Å². The summed E-state index contributed by atoms with van der Waals surface area (Å²) in [5.74, 6) is 0.306. The third-order valence-corrected chi connectivity index (χ3v) is 2.31. The fraction of sp³-hybridized carbons (Fsp3) is 0.0833. The molecule has 0 saturated heterocycles. The Bertz CT molecular complexity index is 626. The van der Waals surface area contributed by atoms with E-state index in [1.807, 2.05) is 0 Å². The van der Waals surface area contributed by atoms with Gasteiger partial charge in [-0.3, -0.25) is 14.9 Å². The lowest BCUT2D eigenvalue weighted by molar-refractivity contribution is -0.384. The summed E-state index contributed by atoms with van der Waals surface area (Å²) in [5.41, 5.74) is 1.36. The molecule has 0 radical (unpaired) electrons. The molecule has 0 unspecified atom stereocenters. The van der Waals surface area contributed by atoms with Crippen molar-refractivity contribution in [2.45, 2.75) is 6.92 Å². The highest BCUT2D eigenvalue weighted by Crippen LogP contribution is 2.21. The second kappa shape index (κ2) is 4.70. The fourth-order valence-electron chi connectivity index (χ4n) is 1.54. The van der Waals surface area contributed by atoms with Crippen LogP contribution in [0.1, 0.15) is 16.2 Å². The second-order valence-electron chi connectivity index (χ2n) is 3.68. The van der Waals surface area contributed by atoms with E-state index < -0.39 is 4.92 Å². The number of aryl methyl sites for hydroxylation is 1. The number of nitrogens with zero attached hydrogens (tertiary/aromatic N) is 3. The minimum Gasteiger partial charge on any atom is -0.296 e. The van der Waals surface area contributed by atoms with Crippen LogP contribution < -0.4 is 0 Å². The Morgan fingerprint density at radius 1 is 1.28 bits per heavy atom. The zero-order valence-corrected chi connectivity index (χ0v) is 9.53. The predicted octanol–water partition coefficient (Wildman–Crippen LogP) is 2.17. The summed E-state index contributed by atoms with van der Waals surface area (Å²) in [6, 6.07) is 7.53. The lowest BCUT2D eigenvalue weighted by Crippen LogP contribution is -1.97. The number of nitro benzene ring substituents is 1. The lowest BCUT2D eigenvalue weighted by Gasteiger charge is -2.02. The summed E-state index contributed by atoms with van der Waals surface area (Å²) >= 11 is 0. The van der Waals surface area contributed by atoms with Gasteiger partial charge in [-0.2, -0.15) is 0 Å². The van der Waals surface area contributed by atoms with E-state index in [0.717, 1.165) is 0 Å². The molecule has 0 saturated carbocycles. The number of benzene rings is 1. The zero-order chi connectivity index (χ0) is 13.1. The number of aldehydes is 1. The first kappa shape index (κ1) is 11.8. The molecule has 0 bridgehead atoms. The molecule has 6 heteroatoms. The van der Waals surface area contributed by atoms with Crippen LogP contribution in [0.3, 0.4) is 0 Å². The van der Waals surface area contributed by atoms with Gasteiger partial charge in [0.15, 0.2) is 12.1 Å². The van der Waals surface area contributed by atoms with Crippen LogP contribution in [-0.2, 0) is 0 Å². The first-order chi connectivity index (χ1) is 8.60. The van der Waals surface area contributed by atoms with Gasteiger partial charge in [0.1, 0.15) is 5.69 Å². The minimum atomic E-state index is -0.486. The van der Waals surface area contributed by atoms with Crippen LogP contribution in [0.4, 0.5) is 5.69 Å². The number of non-ortho nitro benzene ring substituents is 1. The van der Waals surface area contributed by atoms with Gasteiger partial charge in [0.25, 0.3) is 5.69 Å². The Labute approximate surface area is 102 Å². The second-order valence-corrected chi connectivity index (χ2v) is 3.68. The minimum absolute atomic E-state index is 0.0368. The van der Waals surface area contributed by atoms with Crippen LogP contribution in [0, 0.1) is 17.0 Å². The Kier molecular flexibility index (Phi) is 3.09. The van der Waals surface area contributed by atoms with Crippen LogP contribution in [-0.4, -0.2) is 21.2 Å². The maximum absolute atomic E-state index is 10.7. The van der Waals surface area contributed by atoms with E-state index in [2.05, 4.69) is 9.97 Å². The topological polar surface area (TPSA) is 86.0 Å². The molecule has 0 amide bonds. The van der Waals surface area contributed by atoms with Crippen molar-refractivity contribution in [2.24, 2.45) is 0 Å². The van der Waals surface area contributed by atoms with Gasteiger partial charge in [-0.05, 0) is 13.0 Å². The third-order valence-electron chi connectivity index (χ3n) is 2.31.